The van der Waals surface area contributed by atoms with Crippen molar-refractivity contribution in [2.75, 3.05) is 0 Å². The Morgan fingerprint density at radius 1 is 1.21 bits per heavy atom. The highest BCUT2D eigenvalue weighted by atomic mass is 16.5. The van der Waals surface area contributed by atoms with E-state index in [1.165, 1.54) is 13.3 Å². The summed E-state index contributed by atoms with van der Waals surface area (Å²) in [5.74, 6) is 1.02. The molecule has 110 valence electrons. The average molecular weight is 269 g/mol. The van der Waals surface area contributed by atoms with Gasteiger partial charge < -0.3 is 10.1 Å². The molecule has 1 aliphatic rings. The van der Waals surface area contributed by atoms with Crippen molar-refractivity contribution >= 4 is 11.9 Å². The molecule has 1 N–H and O–H groups in total. The molecule has 0 heterocycles. The van der Waals surface area contributed by atoms with E-state index < -0.39 is 6.04 Å². The van der Waals surface area contributed by atoms with E-state index in [0.717, 1.165) is 12.8 Å². The predicted molar refractivity (Wildman–Crippen MR) is 74.5 cm³/mol. The highest BCUT2D eigenvalue weighted by Crippen LogP contribution is 2.35. The van der Waals surface area contributed by atoms with Gasteiger partial charge in [-0.15, -0.1) is 0 Å². The third-order valence-corrected chi connectivity index (χ3v) is 4.00. The number of hydrogen-bond acceptors (Lipinski definition) is 3. The third-order valence-electron chi connectivity index (χ3n) is 4.00. The van der Waals surface area contributed by atoms with Crippen LogP contribution in [0.15, 0.2) is 0 Å². The first-order chi connectivity index (χ1) is 8.81. The maximum absolute atomic E-state index is 12.0. The Hall–Kier alpha value is -1.06. The van der Waals surface area contributed by atoms with Crippen LogP contribution >= 0.6 is 0 Å². The van der Waals surface area contributed by atoms with E-state index in [9.17, 15) is 9.59 Å². The summed E-state index contributed by atoms with van der Waals surface area (Å²) in [6.07, 6.45) is 3.25. The van der Waals surface area contributed by atoms with Crippen LogP contribution < -0.4 is 5.32 Å². The zero-order valence-electron chi connectivity index (χ0n) is 12.7. The van der Waals surface area contributed by atoms with Crippen LogP contribution in [-0.4, -0.2) is 24.0 Å². The summed E-state index contributed by atoms with van der Waals surface area (Å²) in [7, 11) is 0. The van der Waals surface area contributed by atoms with Crippen LogP contribution in [-0.2, 0) is 14.3 Å². The summed E-state index contributed by atoms with van der Waals surface area (Å²) in [5, 5.41) is 2.57. The average Bonchev–Trinajstić information content (AvgIpc) is 2.27. The molecule has 4 heteroatoms. The largest absolute Gasteiger partial charge is 0.461 e. The van der Waals surface area contributed by atoms with E-state index in [-0.39, 0.29) is 18.0 Å². The molecule has 0 aromatic heterocycles. The molecule has 0 aromatic rings. The molecule has 1 amide bonds. The summed E-state index contributed by atoms with van der Waals surface area (Å²) in [4.78, 5) is 22.9. The maximum atomic E-state index is 12.0. The number of amides is 1. The summed E-state index contributed by atoms with van der Waals surface area (Å²) >= 11 is 0. The first kappa shape index (κ1) is 16.0. The molecule has 4 unspecified atom stereocenters. The predicted octanol–water partition coefficient (Wildman–Crippen LogP) is 2.52. The van der Waals surface area contributed by atoms with Crippen LogP contribution in [0.2, 0.25) is 0 Å². The van der Waals surface area contributed by atoms with Gasteiger partial charge >= 0.3 is 5.97 Å². The number of carbonyl (C=O) groups is 2. The second-order valence-electron chi connectivity index (χ2n) is 6.22. The van der Waals surface area contributed by atoms with Crippen LogP contribution in [0, 0.1) is 17.8 Å². The number of ether oxygens (including phenoxy) is 1. The van der Waals surface area contributed by atoms with Gasteiger partial charge in [0.05, 0.1) is 0 Å². The molecule has 1 rings (SSSR count). The lowest BCUT2D eigenvalue weighted by Gasteiger charge is -2.37. The van der Waals surface area contributed by atoms with E-state index in [2.05, 4.69) is 26.1 Å². The number of carbonyl (C=O) groups excluding carboxylic acids is 2. The van der Waals surface area contributed by atoms with Crippen molar-refractivity contribution in [2.45, 2.75) is 66.0 Å². The van der Waals surface area contributed by atoms with Crippen molar-refractivity contribution < 1.29 is 14.3 Å². The summed E-state index contributed by atoms with van der Waals surface area (Å²) < 4.78 is 5.64. The molecular formula is C15H27NO3. The van der Waals surface area contributed by atoms with E-state index >= 15 is 0 Å². The van der Waals surface area contributed by atoms with E-state index in [0.29, 0.717) is 17.8 Å². The van der Waals surface area contributed by atoms with Crippen molar-refractivity contribution in [3.63, 3.8) is 0 Å². The number of esters is 1. The number of nitrogens with one attached hydrogen (secondary N) is 1. The molecule has 0 bridgehead atoms. The summed E-state index contributed by atoms with van der Waals surface area (Å²) in [6.45, 7) is 9.63. The summed E-state index contributed by atoms with van der Waals surface area (Å²) in [5.41, 5.74) is 0. The fraction of sp³-hybridized carbons (Fsp3) is 0.867. The first-order valence-corrected chi connectivity index (χ1v) is 7.28. The molecule has 0 saturated heterocycles. The van der Waals surface area contributed by atoms with Gasteiger partial charge in [0.2, 0.25) is 5.91 Å². The van der Waals surface area contributed by atoms with Crippen LogP contribution in [0.1, 0.15) is 53.9 Å². The normalized spacial score (nSPS) is 28.8. The minimum absolute atomic E-state index is 0.00698. The fourth-order valence-electron chi connectivity index (χ4n) is 2.87. The standard InChI is InChI=1S/C15H27NO3/c1-9(2)13-7-6-10(3)8-14(13)19-15(18)11(4)16-12(5)17/h9-11,13-14H,6-8H2,1-5H3,(H,16,17). The van der Waals surface area contributed by atoms with Gasteiger partial charge in [0.15, 0.2) is 0 Å². The zero-order valence-corrected chi connectivity index (χ0v) is 12.7. The SMILES string of the molecule is CC(=O)NC(C)C(=O)OC1CC(C)CCC1C(C)C. The Balaban J connectivity index is 2.60. The van der Waals surface area contributed by atoms with Crippen molar-refractivity contribution in [1.29, 1.82) is 0 Å². The zero-order chi connectivity index (χ0) is 14.6. The third kappa shape index (κ3) is 4.84. The van der Waals surface area contributed by atoms with Crippen LogP contribution in [0.3, 0.4) is 0 Å². The Kier molecular flexibility index (Phi) is 5.83. The molecule has 4 atom stereocenters. The quantitative estimate of drug-likeness (QED) is 0.798. The van der Waals surface area contributed by atoms with Crippen LogP contribution in [0.4, 0.5) is 0 Å². The minimum Gasteiger partial charge on any atom is -0.461 e. The lowest BCUT2D eigenvalue weighted by molar-refractivity contribution is -0.159. The van der Waals surface area contributed by atoms with Gasteiger partial charge in [-0.2, -0.15) is 0 Å². The van der Waals surface area contributed by atoms with Gasteiger partial charge in [0.1, 0.15) is 12.1 Å². The molecule has 0 radical (unpaired) electrons. The number of rotatable bonds is 4. The Bertz CT molecular complexity index is 327. The smallest absolute Gasteiger partial charge is 0.328 e. The Labute approximate surface area is 116 Å². The van der Waals surface area contributed by atoms with E-state index in [4.69, 9.17) is 4.74 Å². The van der Waals surface area contributed by atoms with Crippen LogP contribution in [0.5, 0.6) is 0 Å². The van der Waals surface area contributed by atoms with E-state index in [1.54, 1.807) is 6.92 Å². The molecule has 0 spiro atoms. The molecular weight excluding hydrogens is 242 g/mol. The highest BCUT2D eigenvalue weighted by Gasteiger charge is 2.34. The molecule has 19 heavy (non-hydrogen) atoms. The van der Waals surface area contributed by atoms with Gasteiger partial charge in [0.25, 0.3) is 0 Å². The molecule has 4 nitrogen and oxygen atoms in total. The van der Waals surface area contributed by atoms with Gasteiger partial charge in [-0.3, -0.25) is 4.79 Å². The molecule has 0 aromatic carbocycles. The Morgan fingerprint density at radius 2 is 1.84 bits per heavy atom. The van der Waals surface area contributed by atoms with Crippen molar-refractivity contribution in [3.8, 4) is 0 Å². The lowest BCUT2D eigenvalue weighted by atomic mass is 9.75. The first-order valence-electron chi connectivity index (χ1n) is 7.28. The summed E-state index contributed by atoms with van der Waals surface area (Å²) in [6, 6.07) is -0.567. The fourth-order valence-corrected chi connectivity index (χ4v) is 2.87. The molecule has 1 saturated carbocycles. The molecule has 1 fully saturated rings. The van der Waals surface area contributed by atoms with Gasteiger partial charge in [0, 0.05) is 6.92 Å². The number of hydrogen-bond donors (Lipinski definition) is 1. The topological polar surface area (TPSA) is 55.4 Å². The monoisotopic (exact) mass is 269 g/mol. The van der Waals surface area contributed by atoms with Crippen molar-refractivity contribution in [1.82, 2.24) is 5.32 Å². The second kappa shape index (κ2) is 6.92. The maximum Gasteiger partial charge on any atom is 0.328 e. The van der Waals surface area contributed by atoms with Gasteiger partial charge in [-0.1, -0.05) is 27.2 Å². The van der Waals surface area contributed by atoms with E-state index in [1.807, 2.05) is 0 Å². The highest BCUT2D eigenvalue weighted by molar-refractivity contribution is 5.82. The lowest BCUT2D eigenvalue weighted by Crippen LogP contribution is -2.43. The molecule has 0 aliphatic heterocycles. The van der Waals surface area contributed by atoms with Crippen molar-refractivity contribution in [2.24, 2.45) is 17.8 Å². The minimum atomic E-state index is -0.567. The van der Waals surface area contributed by atoms with Gasteiger partial charge in [-0.05, 0) is 37.5 Å². The Morgan fingerprint density at radius 3 is 2.37 bits per heavy atom. The van der Waals surface area contributed by atoms with Crippen LogP contribution in [0.25, 0.3) is 0 Å². The van der Waals surface area contributed by atoms with Crippen molar-refractivity contribution in [3.05, 3.63) is 0 Å². The molecule has 1 aliphatic carbocycles. The second-order valence-corrected chi connectivity index (χ2v) is 6.22. The van der Waals surface area contributed by atoms with Gasteiger partial charge in [-0.25, -0.2) is 4.79 Å².